The van der Waals surface area contributed by atoms with Crippen molar-refractivity contribution in [2.45, 2.75) is 53.1 Å². The third-order valence-corrected chi connectivity index (χ3v) is 8.49. The van der Waals surface area contributed by atoms with Crippen molar-refractivity contribution in [3.63, 3.8) is 0 Å². The molecule has 40 heavy (non-hydrogen) atoms. The van der Waals surface area contributed by atoms with E-state index < -0.39 is 5.92 Å². The molecular formula is C33H31BrClN3O2. The number of allylic oxidation sites excluding steroid dienone is 3. The smallest absolute Gasteiger partial charge is 0.162 e. The number of nitrogens with two attached hydrogens (primary N) is 1. The van der Waals surface area contributed by atoms with Crippen LogP contribution in [0.2, 0.25) is 5.02 Å². The highest BCUT2D eigenvalue weighted by Gasteiger charge is 2.45. The normalized spacial score (nSPS) is 18.5. The molecule has 5 rings (SSSR count). The lowest BCUT2D eigenvalue weighted by atomic mass is 9.68. The molecule has 1 aliphatic heterocycles. The lowest BCUT2D eigenvalue weighted by Crippen LogP contribution is -2.42. The van der Waals surface area contributed by atoms with Crippen LogP contribution in [-0.4, -0.2) is 5.78 Å². The first kappa shape index (κ1) is 28.0. The molecule has 1 unspecified atom stereocenters. The Morgan fingerprint density at radius 1 is 1.07 bits per heavy atom. The van der Waals surface area contributed by atoms with Crippen LogP contribution in [-0.2, 0) is 11.4 Å². The van der Waals surface area contributed by atoms with Gasteiger partial charge >= 0.3 is 0 Å². The lowest BCUT2D eigenvalue weighted by Gasteiger charge is -2.44. The standard InChI is InChI=1S/C33H31BrClN3O2/c1-19-13-20(2)26(14-21(19)18-40-25-11-5-22(34)6-12-25)30-27(17-36)32(37)38(24-9-7-23(35)8-10-24)28-15-33(3,4)16-29(39)31(28)30/h5-14,30H,15-16,18,37H2,1-4H3. The highest BCUT2D eigenvalue weighted by atomic mass is 79.9. The van der Waals surface area contributed by atoms with E-state index in [1.54, 1.807) is 12.1 Å². The molecule has 1 heterocycles. The van der Waals surface area contributed by atoms with Crippen molar-refractivity contribution in [3.8, 4) is 11.8 Å². The topological polar surface area (TPSA) is 79.4 Å². The van der Waals surface area contributed by atoms with Crippen molar-refractivity contribution < 1.29 is 9.53 Å². The second-order valence-corrected chi connectivity index (χ2v) is 12.7. The molecule has 2 N–H and O–H groups in total. The number of hydrogen-bond donors (Lipinski definition) is 1. The number of aryl methyl sites for hydroxylation is 2. The van der Waals surface area contributed by atoms with Gasteiger partial charge in [-0.3, -0.25) is 9.69 Å². The van der Waals surface area contributed by atoms with Gasteiger partial charge in [-0.1, -0.05) is 53.5 Å². The van der Waals surface area contributed by atoms with Crippen LogP contribution in [0.5, 0.6) is 5.75 Å². The van der Waals surface area contributed by atoms with Crippen LogP contribution >= 0.6 is 27.5 Å². The van der Waals surface area contributed by atoms with Crippen molar-refractivity contribution in [1.82, 2.24) is 0 Å². The molecule has 0 amide bonds. The fourth-order valence-electron chi connectivity index (χ4n) is 5.78. The number of ketones is 1. The summed E-state index contributed by atoms with van der Waals surface area (Å²) in [6.45, 7) is 8.62. The number of Topliss-reactive ketones (excluding diaryl/α,β-unsaturated/α-hetero) is 1. The summed E-state index contributed by atoms with van der Waals surface area (Å²) in [5, 5.41) is 11.1. The number of ether oxygens (including phenoxy) is 1. The minimum atomic E-state index is -0.556. The number of carbonyl (C=O) groups is 1. The number of hydrogen-bond acceptors (Lipinski definition) is 5. The average Bonchev–Trinajstić information content (AvgIpc) is 2.89. The first-order valence-electron chi connectivity index (χ1n) is 13.2. The molecule has 0 saturated heterocycles. The minimum Gasteiger partial charge on any atom is -0.489 e. The molecule has 0 spiro atoms. The van der Waals surface area contributed by atoms with E-state index in [9.17, 15) is 10.1 Å². The summed E-state index contributed by atoms with van der Waals surface area (Å²) in [4.78, 5) is 15.8. The van der Waals surface area contributed by atoms with Crippen LogP contribution in [0.3, 0.4) is 0 Å². The molecule has 204 valence electrons. The summed E-state index contributed by atoms with van der Waals surface area (Å²) in [7, 11) is 0. The van der Waals surface area contributed by atoms with E-state index in [4.69, 9.17) is 22.1 Å². The number of rotatable bonds is 5. The summed E-state index contributed by atoms with van der Waals surface area (Å²) in [5.41, 5.74) is 13.2. The van der Waals surface area contributed by atoms with Crippen LogP contribution in [0.25, 0.3) is 0 Å². The van der Waals surface area contributed by atoms with Crippen molar-refractivity contribution in [2.24, 2.45) is 11.1 Å². The van der Waals surface area contributed by atoms with E-state index in [0.29, 0.717) is 41.4 Å². The molecule has 0 bridgehead atoms. The van der Waals surface area contributed by atoms with Gasteiger partial charge in [-0.05, 0) is 96.5 Å². The largest absolute Gasteiger partial charge is 0.489 e. The SMILES string of the molecule is Cc1cc(C)c(C2C(C#N)=C(N)N(c3ccc(Cl)cc3)C3=C2C(=O)CC(C)(C)C3)cc1COc1ccc(Br)cc1. The van der Waals surface area contributed by atoms with Gasteiger partial charge in [0.1, 0.15) is 18.2 Å². The fourth-order valence-corrected chi connectivity index (χ4v) is 6.17. The van der Waals surface area contributed by atoms with Crippen molar-refractivity contribution >= 4 is 39.0 Å². The van der Waals surface area contributed by atoms with Gasteiger partial charge < -0.3 is 10.5 Å². The van der Waals surface area contributed by atoms with Crippen LogP contribution in [0.1, 0.15) is 54.9 Å². The summed E-state index contributed by atoms with van der Waals surface area (Å²) < 4.78 is 7.09. The van der Waals surface area contributed by atoms with Crippen LogP contribution < -0.4 is 15.4 Å². The Labute approximate surface area is 249 Å². The molecular weight excluding hydrogens is 586 g/mol. The van der Waals surface area contributed by atoms with Crippen molar-refractivity contribution in [3.05, 3.63) is 115 Å². The van der Waals surface area contributed by atoms with Gasteiger partial charge in [-0.2, -0.15) is 5.26 Å². The third-order valence-electron chi connectivity index (χ3n) is 7.71. The average molecular weight is 617 g/mol. The highest BCUT2D eigenvalue weighted by Crippen LogP contribution is 2.51. The Bertz CT molecular complexity index is 1600. The van der Waals surface area contributed by atoms with Crippen molar-refractivity contribution in [1.29, 1.82) is 5.26 Å². The van der Waals surface area contributed by atoms with E-state index in [0.717, 1.165) is 43.9 Å². The molecule has 1 aliphatic carbocycles. The summed E-state index contributed by atoms with van der Waals surface area (Å²) in [6, 6.07) is 21.6. The van der Waals surface area contributed by atoms with E-state index in [-0.39, 0.29) is 11.2 Å². The van der Waals surface area contributed by atoms with Gasteiger partial charge in [0.25, 0.3) is 0 Å². The number of halogens is 2. The van der Waals surface area contributed by atoms with E-state index in [1.165, 1.54) is 0 Å². The van der Waals surface area contributed by atoms with Crippen LogP contribution in [0.4, 0.5) is 5.69 Å². The Hall–Kier alpha value is -3.53. The Kier molecular flexibility index (Phi) is 7.56. The highest BCUT2D eigenvalue weighted by molar-refractivity contribution is 9.10. The number of carbonyl (C=O) groups excluding carboxylic acids is 1. The van der Waals surface area contributed by atoms with Crippen LogP contribution in [0, 0.1) is 30.6 Å². The predicted octanol–water partition coefficient (Wildman–Crippen LogP) is 8.24. The second kappa shape index (κ2) is 10.8. The molecule has 1 atom stereocenters. The van der Waals surface area contributed by atoms with Gasteiger partial charge in [-0.15, -0.1) is 0 Å². The zero-order valence-corrected chi connectivity index (χ0v) is 25.4. The second-order valence-electron chi connectivity index (χ2n) is 11.3. The molecule has 3 aromatic carbocycles. The quantitative estimate of drug-likeness (QED) is 0.312. The molecule has 0 saturated carbocycles. The molecule has 0 radical (unpaired) electrons. The Balaban J connectivity index is 1.65. The maximum atomic E-state index is 13.9. The molecule has 2 aliphatic rings. The molecule has 0 fully saturated rings. The molecule has 7 heteroatoms. The predicted molar refractivity (Wildman–Crippen MR) is 163 cm³/mol. The molecule has 0 aromatic heterocycles. The maximum Gasteiger partial charge on any atom is 0.162 e. The monoisotopic (exact) mass is 615 g/mol. The van der Waals surface area contributed by atoms with Gasteiger partial charge in [0.05, 0.1) is 17.6 Å². The fraction of sp³-hybridized carbons (Fsp3) is 0.273. The zero-order valence-electron chi connectivity index (χ0n) is 23.0. The van der Waals surface area contributed by atoms with Gasteiger partial charge in [0.15, 0.2) is 5.78 Å². The summed E-state index contributed by atoms with van der Waals surface area (Å²) in [6.07, 6.45) is 1.05. The van der Waals surface area contributed by atoms with Gasteiger partial charge in [0.2, 0.25) is 0 Å². The summed E-state index contributed by atoms with van der Waals surface area (Å²) >= 11 is 9.63. The van der Waals surface area contributed by atoms with Gasteiger partial charge in [-0.25, -0.2) is 0 Å². The third kappa shape index (κ3) is 5.29. The van der Waals surface area contributed by atoms with E-state index in [1.807, 2.05) is 48.2 Å². The Morgan fingerprint density at radius 2 is 1.75 bits per heavy atom. The number of anilines is 1. The number of nitriles is 1. The first-order valence-corrected chi connectivity index (χ1v) is 14.4. The molecule has 5 nitrogen and oxygen atoms in total. The lowest BCUT2D eigenvalue weighted by molar-refractivity contribution is -0.118. The van der Waals surface area contributed by atoms with E-state index >= 15 is 0 Å². The number of benzene rings is 3. The van der Waals surface area contributed by atoms with Gasteiger partial charge in [0, 0.05) is 32.9 Å². The number of nitrogens with zero attached hydrogens (tertiary/aromatic N) is 2. The Morgan fingerprint density at radius 3 is 2.40 bits per heavy atom. The first-order chi connectivity index (χ1) is 19.0. The zero-order chi connectivity index (χ0) is 28.8. The minimum absolute atomic E-state index is 0.0445. The van der Waals surface area contributed by atoms with Crippen molar-refractivity contribution in [2.75, 3.05) is 4.90 Å². The maximum absolute atomic E-state index is 13.9. The molecule has 3 aromatic rings. The van der Waals surface area contributed by atoms with Crippen LogP contribution in [0.15, 0.2) is 87.8 Å². The van der Waals surface area contributed by atoms with E-state index in [2.05, 4.69) is 54.9 Å². The summed E-state index contributed by atoms with van der Waals surface area (Å²) in [5.74, 6) is 0.589.